The number of primary amides is 1. The molecule has 9 N–H and O–H groups in total. The Hall–Kier alpha value is -2.91. The number of carboxylic acid groups (broad SMARTS) is 1. The van der Waals surface area contributed by atoms with Gasteiger partial charge < -0.3 is 42.5 Å². The zero-order valence-corrected chi connectivity index (χ0v) is 22.8. The first-order chi connectivity index (χ1) is 17.8. The molecule has 0 saturated carbocycles. The van der Waals surface area contributed by atoms with Crippen molar-refractivity contribution in [3.8, 4) is 0 Å². The SMILES string of the molecule is CSCC[C@H](NC(=O)CNC(=O)[C@H](CCC(N)=O)NC(=O)[C@@H](N)CC(C)C)C(=O)N1C[C@H](O)C[C@H]1C(=O)O. The molecule has 5 atom stereocenters. The molecule has 1 aliphatic heterocycles. The highest BCUT2D eigenvalue weighted by molar-refractivity contribution is 7.98. The minimum atomic E-state index is -1.26. The van der Waals surface area contributed by atoms with Gasteiger partial charge in [0.05, 0.1) is 18.7 Å². The van der Waals surface area contributed by atoms with Gasteiger partial charge in [0.25, 0.3) is 0 Å². The number of aliphatic hydroxyl groups excluding tert-OH is 1. The molecule has 0 bridgehead atoms. The monoisotopic (exact) mass is 560 g/mol. The second kappa shape index (κ2) is 16.1. The van der Waals surface area contributed by atoms with E-state index in [1.807, 2.05) is 13.8 Å². The van der Waals surface area contributed by atoms with Gasteiger partial charge in [0.2, 0.25) is 29.5 Å². The minimum absolute atomic E-state index is 0.106. The van der Waals surface area contributed by atoms with Crippen LogP contribution >= 0.6 is 11.8 Å². The number of nitrogens with two attached hydrogens (primary N) is 2. The number of thioether (sulfide) groups is 1. The molecule has 15 heteroatoms. The van der Waals surface area contributed by atoms with Crippen molar-refractivity contribution in [3.05, 3.63) is 0 Å². The molecule has 1 fully saturated rings. The number of likely N-dealkylation sites (tertiary alicyclic amines) is 1. The number of aliphatic hydroxyl groups is 1. The Balaban J connectivity index is 2.83. The number of carboxylic acids is 1. The fourth-order valence-electron chi connectivity index (χ4n) is 3.97. The van der Waals surface area contributed by atoms with Gasteiger partial charge in [0.15, 0.2) is 0 Å². The van der Waals surface area contributed by atoms with Crippen LogP contribution in [0, 0.1) is 5.92 Å². The third kappa shape index (κ3) is 11.2. The number of amides is 5. The summed E-state index contributed by atoms with van der Waals surface area (Å²) < 4.78 is 0. The van der Waals surface area contributed by atoms with Crippen molar-refractivity contribution in [2.75, 3.05) is 25.1 Å². The lowest BCUT2D eigenvalue weighted by atomic mass is 10.0. The summed E-state index contributed by atoms with van der Waals surface area (Å²) in [5.74, 6) is -4.02. The van der Waals surface area contributed by atoms with E-state index in [-0.39, 0.29) is 38.1 Å². The number of nitrogens with zero attached hydrogens (tertiary/aromatic N) is 1. The molecule has 216 valence electrons. The molecule has 1 rings (SSSR count). The Labute approximate surface area is 226 Å². The first kappa shape index (κ1) is 33.1. The number of carbonyl (C=O) groups excluding carboxylic acids is 5. The summed E-state index contributed by atoms with van der Waals surface area (Å²) in [6, 6.07) is -4.32. The third-order valence-electron chi connectivity index (χ3n) is 5.89. The summed E-state index contributed by atoms with van der Waals surface area (Å²) in [7, 11) is 0. The summed E-state index contributed by atoms with van der Waals surface area (Å²) in [4.78, 5) is 74.6. The fraction of sp³-hybridized carbons (Fsp3) is 0.739. The number of hydrogen-bond donors (Lipinski definition) is 7. The standard InChI is InChI=1S/C23H40N6O8S/c1-12(2)8-14(24)20(33)28-15(4-5-18(25)31)21(34)26-10-19(32)27-16(6-7-38-3)22(35)29-11-13(30)9-17(29)23(36)37/h12-17,30H,4-11,24H2,1-3H3,(H2,25,31)(H,26,34)(H,27,32)(H,28,33)(H,36,37)/t13-,14+,15+,16+,17+/m1/s1. The maximum absolute atomic E-state index is 13.0. The third-order valence-corrected chi connectivity index (χ3v) is 6.53. The molecule has 1 heterocycles. The van der Waals surface area contributed by atoms with E-state index in [0.29, 0.717) is 12.2 Å². The van der Waals surface area contributed by atoms with Crippen LogP contribution in [0.1, 0.15) is 46.0 Å². The predicted octanol–water partition coefficient (Wildman–Crippen LogP) is -2.49. The Morgan fingerprint density at radius 2 is 1.71 bits per heavy atom. The van der Waals surface area contributed by atoms with E-state index in [4.69, 9.17) is 11.5 Å². The van der Waals surface area contributed by atoms with Crippen LogP contribution in [0.4, 0.5) is 0 Å². The molecule has 0 radical (unpaired) electrons. The number of β-amino-alcohol motifs (C(OH)–C–C–N with tert-alkyl or cyclic N) is 1. The number of carbonyl (C=O) groups is 6. The van der Waals surface area contributed by atoms with Gasteiger partial charge in [-0.25, -0.2) is 4.79 Å². The first-order valence-electron chi connectivity index (χ1n) is 12.4. The van der Waals surface area contributed by atoms with Crippen LogP contribution in [0.2, 0.25) is 0 Å². The molecule has 0 aromatic rings. The number of aliphatic carboxylic acids is 1. The number of rotatable bonds is 16. The van der Waals surface area contributed by atoms with E-state index in [0.717, 1.165) is 4.90 Å². The lowest BCUT2D eigenvalue weighted by Gasteiger charge is -2.27. The Bertz CT molecular complexity index is 873. The van der Waals surface area contributed by atoms with Gasteiger partial charge in [-0.3, -0.25) is 24.0 Å². The topological polar surface area (TPSA) is 234 Å². The lowest BCUT2D eigenvalue weighted by Crippen LogP contribution is -2.55. The van der Waals surface area contributed by atoms with Crippen molar-refractivity contribution < 1.29 is 39.0 Å². The zero-order chi connectivity index (χ0) is 29.0. The Kier molecular flexibility index (Phi) is 14.1. The van der Waals surface area contributed by atoms with Crippen LogP contribution in [0.3, 0.4) is 0 Å². The zero-order valence-electron chi connectivity index (χ0n) is 22.0. The minimum Gasteiger partial charge on any atom is -0.480 e. The van der Waals surface area contributed by atoms with E-state index in [2.05, 4.69) is 16.0 Å². The van der Waals surface area contributed by atoms with Gasteiger partial charge in [0.1, 0.15) is 18.1 Å². The van der Waals surface area contributed by atoms with Crippen molar-refractivity contribution in [2.45, 2.75) is 76.2 Å². The van der Waals surface area contributed by atoms with Crippen molar-refractivity contribution in [1.82, 2.24) is 20.9 Å². The molecule has 0 aromatic heterocycles. The number of hydrogen-bond acceptors (Lipinski definition) is 9. The average molecular weight is 561 g/mol. The van der Waals surface area contributed by atoms with Crippen LogP contribution in [-0.4, -0.2) is 106 Å². The van der Waals surface area contributed by atoms with E-state index < -0.39 is 72.3 Å². The van der Waals surface area contributed by atoms with Gasteiger partial charge in [0, 0.05) is 19.4 Å². The molecule has 0 aliphatic carbocycles. The van der Waals surface area contributed by atoms with Gasteiger partial charge in [-0.2, -0.15) is 11.8 Å². The van der Waals surface area contributed by atoms with Gasteiger partial charge >= 0.3 is 5.97 Å². The van der Waals surface area contributed by atoms with Crippen LogP contribution < -0.4 is 27.4 Å². The molecule has 5 amide bonds. The van der Waals surface area contributed by atoms with E-state index in [1.54, 1.807) is 6.26 Å². The summed E-state index contributed by atoms with van der Waals surface area (Å²) in [5.41, 5.74) is 11.0. The van der Waals surface area contributed by atoms with Gasteiger partial charge in [-0.05, 0) is 37.2 Å². The number of nitrogens with one attached hydrogen (secondary N) is 3. The molecule has 1 aliphatic rings. The molecule has 0 aromatic carbocycles. The summed E-state index contributed by atoms with van der Waals surface area (Å²) >= 11 is 1.42. The molecule has 0 spiro atoms. The molecule has 0 unspecified atom stereocenters. The maximum Gasteiger partial charge on any atom is 0.326 e. The van der Waals surface area contributed by atoms with E-state index in [9.17, 15) is 39.0 Å². The molecular formula is C23H40N6O8S. The molecule has 38 heavy (non-hydrogen) atoms. The van der Waals surface area contributed by atoms with Gasteiger partial charge in [-0.1, -0.05) is 13.8 Å². The largest absolute Gasteiger partial charge is 0.480 e. The summed E-state index contributed by atoms with van der Waals surface area (Å²) in [6.45, 7) is 3.05. The molecular weight excluding hydrogens is 520 g/mol. The van der Waals surface area contributed by atoms with Crippen molar-refractivity contribution in [1.29, 1.82) is 0 Å². The van der Waals surface area contributed by atoms with Gasteiger partial charge in [-0.15, -0.1) is 0 Å². The summed E-state index contributed by atoms with van der Waals surface area (Å²) in [6.07, 6.45) is 0.978. The normalized spacial score (nSPS) is 19.4. The Morgan fingerprint density at radius 3 is 2.26 bits per heavy atom. The van der Waals surface area contributed by atoms with Crippen molar-refractivity contribution >= 4 is 47.3 Å². The van der Waals surface area contributed by atoms with Crippen LogP contribution in [-0.2, 0) is 28.8 Å². The highest BCUT2D eigenvalue weighted by Crippen LogP contribution is 2.20. The highest BCUT2D eigenvalue weighted by atomic mass is 32.2. The van der Waals surface area contributed by atoms with Crippen LogP contribution in [0.25, 0.3) is 0 Å². The predicted molar refractivity (Wildman–Crippen MR) is 139 cm³/mol. The Morgan fingerprint density at radius 1 is 1.05 bits per heavy atom. The van der Waals surface area contributed by atoms with Crippen LogP contribution in [0.15, 0.2) is 0 Å². The molecule has 1 saturated heterocycles. The average Bonchev–Trinajstić information content (AvgIpc) is 3.23. The second-order valence-electron chi connectivity index (χ2n) is 9.66. The lowest BCUT2D eigenvalue weighted by molar-refractivity contribution is -0.149. The van der Waals surface area contributed by atoms with Crippen molar-refractivity contribution in [2.24, 2.45) is 17.4 Å². The smallest absolute Gasteiger partial charge is 0.326 e. The quantitative estimate of drug-likeness (QED) is 0.105. The van der Waals surface area contributed by atoms with Crippen LogP contribution in [0.5, 0.6) is 0 Å². The molecule has 14 nitrogen and oxygen atoms in total. The van der Waals surface area contributed by atoms with E-state index >= 15 is 0 Å². The highest BCUT2D eigenvalue weighted by Gasteiger charge is 2.41. The van der Waals surface area contributed by atoms with E-state index in [1.165, 1.54) is 11.8 Å². The fourth-order valence-corrected chi connectivity index (χ4v) is 4.44. The first-order valence-corrected chi connectivity index (χ1v) is 13.8. The van der Waals surface area contributed by atoms with Crippen molar-refractivity contribution in [3.63, 3.8) is 0 Å². The summed E-state index contributed by atoms with van der Waals surface area (Å²) in [5, 5.41) is 26.6. The maximum atomic E-state index is 13.0. The second-order valence-corrected chi connectivity index (χ2v) is 10.6.